The van der Waals surface area contributed by atoms with Crippen LogP contribution in [0.4, 0.5) is 5.82 Å². The Morgan fingerprint density at radius 1 is 1.32 bits per heavy atom. The molecule has 2 fully saturated rings. The van der Waals surface area contributed by atoms with Gasteiger partial charge in [0.1, 0.15) is 11.5 Å². The molecule has 2 atom stereocenters. The molecule has 2 aliphatic rings. The highest BCUT2D eigenvalue weighted by atomic mass is 16.3. The van der Waals surface area contributed by atoms with Gasteiger partial charge in [-0.1, -0.05) is 6.92 Å². The van der Waals surface area contributed by atoms with E-state index in [-0.39, 0.29) is 5.56 Å². The number of piperidine rings is 1. The van der Waals surface area contributed by atoms with E-state index in [9.17, 15) is 4.79 Å². The zero-order chi connectivity index (χ0) is 17.4. The molecule has 2 aromatic heterocycles. The average molecular weight is 342 g/mol. The number of hydrogen-bond acceptors (Lipinski definition) is 5. The first kappa shape index (κ1) is 16.4. The van der Waals surface area contributed by atoms with Gasteiger partial charge in [0.15, 0.2) is 5.82 Å². The highest BCUT2D eigenvalue weighted by Crippen LogP contribution is 2.47. The Labute approximate surface area is 147 Å². The number of hydrogen-bond donors (Lipinski definition) is 1. The zero-order valence-electron chi connectivity index (χ0n) is 14.9. The molecule has 0 radical (unpaired) electrons. The SMILES string of the molecule is C[C@H]1C[C@H]1c1ccc(CNC2CCN(c3nccn(C)c3=O)CC2)o1. The third-order valence-corrected chi connectivity index (χ3v) is 5.52. The van der Waals surface area contributed by atoms with Crippen molar-refractivity contribution in [1.29, 1.82) is 0 Å². The summed E-state index contributed by atoms with van der Waals surface area (Å²) < 4.78 is 7.55. The van der Waals surface area contributed by atoms with Crippen molar-refractivity contribution < 1.29 is 4.42 Å². The van der Waals surface area contributed by atoms with Crippen LogP contribution in [-0.2, 0) is 13.6 Å². The van der Waals surface area contributed by atoms with E-state index in [0.717, 1.165) is 49.9 Å². The maximum atomic E-state index is 12.2. The van der Waals surface area contributed by atoms with Gasteiger partial charge in [0.25, 0.3) is 5.56 Å². The Morgan fingerprint density at radius 2 is 2.08 bits per heavy atom. The van der Waals surface area contributed by atoms with Crippen LogP contribution in [0.25, 0.3) is 0 Å². The van der Waals surface area contributed by atoms with E-state index in [4.69, 9.17) is 4.42 Å². The monoisotopic (exact) mass is 342 g/mol. The molecule has 0 bridgehead atoms. The molecular formula is C19H26N4O2. The summed E-state index contributed by atoms with van der Waals surface area (Å²) in [5, 5.41) is 3.60. The van der Waals surface area contributed by atoms with E-state index in [1.165, 1.54) is 6.42 Å². The highest BCUT2D eigenvalue weighted by molar-refractivity contribution is 5.36. The Bertz CT molecular complexity index is 789. The molecule has 2 aromatic rings. The number of furan rings is 1. The fourth-order valence-electron chi connectivity index (χ4n) is 3.65. The van der Waals surface area contributed by atoms with Crippen LogP contribution in [0.1, 0.15) is 43.6 Å². The molecule has 0 spiro atoms. The van der Waals surface area contributed by atoms with Crippen LogP contribution in [0, 0.1) is 5.92 Å². The first-order chi connectivity index (χ1) is 12.1. The molecule has 0 amide bonds. The third kappa shape index (κ3) is 3.49. The van der Waals surface area contributed by atoms with E-state index in [2.05, 4.69) is 34.3 Å². The van der Waals surface area contributed by atoms with Gasteiger partial charge in [-0.3, -0.25) is 4.79 Å². The largest absolute Gasteiger partial charge is 0.464 e. The van der Waals surface area contributed by atoms with E-state index in [0.29, 0.717) is 17.8 Å². The molecule has 134 valence electrons. The smallest absolute Gasteiger partial charge is 0.293 e. The van der Waals surface area contributed by atoms with Crippen LogP contribution in [0.15, 0.2) is 33.7 Å². The topological polar surface area (TPSA) is 63.3 Å². The van der Waals surface area contributed by atoms with Crippen LogP contribution in [0.5, 0.6) is 0 Å². The minimum absolute atomic E-state index is 0.0219. The first-order valence-corrected chi connectivity index (χ1v) is 9.20. The number of aryl methyl sites for hydroxylation is 1. The second-order valence-corrected chi connectivity index (χ2v) is 7.43. The molecule has 0 aromatic carbocycles. The summed E-state index contributed by atoms with van der Waals surface area (Å²) in [6.45, 7) is 4.75. The molecular weight excluding hydrogens is 316 g/mol. The summed E-state index contributed by atoms with van der Waals surface area (Å²) in [6.07, 6.45) is 6.65. The minimum atomic E-state index is -0.0219. The first-order valence-electron chi connectivity index (χ1n) is 9.20. The number of rotatable bonds is 5. The predicted molar refractivity (Wildman–Crippen MR) is 96.8 cm³/mol. The maximum absolute atomic E-state index is 12.2. The molecule has 6 heteroatoms. The van der Waals surface area contributed by atoms with Gasteiger partial charge in [-0.15, -0.1) is 0 Å². The average Bonchev–Trinajstić information content (AvgIpc) is 3.17. The zero-order valence-corrected chi connectivity index (χ0v) is 14.9. The quantitative estimate of drug-likeness (QED) is 0.903. The maximum Gasteiger partial charge on any atom is 0.293 e. The summed E-state index contributed by atoms with van der Waals surface area (Å²) in [5.74, 6) is 4.14. The fourth-order valence-corrected chi connectivity index (χ4v) is 3.65. The lowest BCUT2D eigenvalue weighted by molar-refractivity contribution is 0.379. The molecule has 1 saturated carbocycles. The number of nitrogens with zero attached hydrogens (tertiary/aromatic N) is 3. The second kappa shape index (κ2) is 6.67. The van der Waals surface area contributed by atoms with Crippen LogP contribution in [0.3, 0.4) is 0 Å². The van der Waals surface area contributed by atoms with Gasteiger partial charge >= 0.3 is 0 Å². The van der Waals surface area contributed by atoms with Crippen molar-refractivity contribution in [2.24, 2.45) is 13.0 Å². The molecule has 1 aliphatic heterocycles. The Kier molecular flexibility index (Phi) is 4.37. The van der Waals surface area contributed by atoms with Crippen LogP contribution in [0.2, 0.25) is 0 Å². The molecule has 1 aliphatic carbocycles. The molecule has 25 heavy (non-hydrogen) atoms. The van der Waals surface area contributed by atoms with Gasteiger partial charge in [-0.05, 0) is 37.3 Å². The van der Waals surface area contributed by atoms with Crippen molar-refractivity contribution >= 4 is 5.82 Å². The number of aromatic nitrogens is 2. The molecule has 4 rings (SSSR count). The van der Waals surface area contributed by atoms with Gasteiger partial charge in [0, 0.05) is 44.5 Å². The highest BCUT2D eigenvalue weighted by Gasteiger charge is 2.36. The summed E-state index contributed by atoms with van der Waals surface area (Å²) in [6, 6.07) is 4.68. The van der Waals surface area contributed by atoms with Crippen LogP contribution >= 0.6 is 0 Å². The van der Waals surface area contributed by atoms with Gasteiger partial charge in [-0.25, -0.2) is 4.98 Å². The summed E-state index contributed by atoms with van der Waals surface area (Å²) >= 11 is 0. The molecule has 0 unspecified atom stereocenters. The minimum Gasteiger partial charge on any atom is -0.464 e. The second-order valence-electron chi connectivity index (χ2n) is 7.43. The molecule has 1 N–H and O–H groups in total. The fraction of sp³-hybridized carbons (Fsp3) is 0.579. The normalized spacial score (nSPS) is 23.8. The van der Waals surface area contributed by atoms with Gasteiger partial charge < -0.3 is 19.2 Å². The molecule has 1 saturated heterocycles. The Hall–Kier alpha value is -2.08. The lowest BCUT2D eigenvalue weighted by Gasteiger charge is -2.32. The van der Waals surface area contributed by atoms with Gasteiger partial charge in [0.05, 0.1) is 6.54 Å². The molecule has 3 heterocycles. The Morgan fingerprint density at radius 3 is 2.80 bits per heavy atom. The standard InChI is InChI=1S/C19H26N4O2/c1-13-11-16(13)17-4-3-15(25-17)12-21-14-5-8-23(9-6-14)18-19(24)22(2)10-7-20-18/h3-4,7,10,13-14,16,21H,5-6,8-9,11-12H2,1-2H3/t13-,16+/m0/s1. The lowest BCUT2D eigenvalue weighted by Crippen LogP contribution is -2.44. The van der Waals surface area contributed by atoms with Gasteiger partial charge in [-0.2, -0.15) is 0 Å². The van der Waals surface area contributed by atoms with Crippen molar-refractivity contribution in [2.75, 3.05) is 18.0 Å². The van der Waals surface area contributed by atoms with Crippen LogP contribution < -0.4 is 15.8 Å². The van der Waals surface area contributed by atoms with Crippen molar-refractivity contribution in [1.82, 2.24) is 14.9 Å². The van der Waals surface area contributed by atoms with E-state index >= 15 is 0 Å². The van der Waals surface area contributed by atoms with E-state index < -0.39 is 0 Å². The molecule has 6 nitrogen and oxygen atoms in total. The summed E-state index contributed by atoms with van der Waals surface area (Å²) in [5.41, 5.74) is -0.0219. The lowest BCUT2D eigenvalue weighted by atomic mass is 10.1. The van der Waals surface area contributed by atoms with Gasteiger partial charge in [0.2, 0.25) is 0 Å². The Balaban J connectivity index is 1.28. The number of nitrogens with one attached hydrogen (secondary N) is 1. The van der Waals surface area contributed by atoms with Crippen molar-refractivity contribution in [3.05, 3.63) is 46.4 Å². The predicted octanol–water partition coefficient (Wildman–Crippen LogP) is 2.26. The summed E-state index contributed by atoms with van der Waals surface area (Å²) in [7, 11) is 1.77. The van der Waals surface area contributed by atoms with Crippen LogP contribution in [-0.4, -0.2) is 28.7 Å². The van der Waals surface area contributed by atoms with Crippen molar-refractivity contribution in [3.63, 3.8) is 0 Å². The van der Waals surface area contributed by atoms with E-state index in [1.807, 2.05) is 0 Å². The van der Waals surface area contributed by atoms with Crippen molar-refractivity contribution in [3.8, 4) is 0 Å². The third-order valence-electron chi connectivity index (χ3n) is 5.52. The van der Waals surface area contributed by atoms with E-state index in [1.54, 1.807) is 24.0 Å². The van der Waals surface area contributed by atoms with Crippen molar-refractivity contribution in [2.45, 2.75) is 44.7 Å². The number of anilines is 1. The summed E-state index contributed by atoms with van der Waals surface area (Å²) in [4.78, 5) is 18.5.